The molecule has 4 heteroatoms. The quantitative estimate of drug-likeness (QED) is 0.460. The van der Waals surface area contributed by atoms with Gasteiger partial charge in [0.1, 0.15) is 5.82 Å². The Bertz CT molecular complexity index is 1130. The van der Waals surface area contributed by atoms with E-state index in [1.807, 2.05) is 12.1 Å². The molecule has 4 saturated carbocycles. The number of aromatic amines is 1. The molecular weight excluding hydrogens is 452 g/mol. The van der Waals surface area contributed by atoms with E-state index in [9.17, 15) is 4.79 Å². The number of fused-ring (bicyclic) bond motifs is 6. The number of halogens is 1. The molecule has 1 N–H and O–H groups in total. The van der Waals surface area contributed by atoms with E-state index in [0.717, 1.165) is 53.8 Å². The summed E-state index contributed by atoms with van der Waals surface area (Å²) in [6.07, 6.45) is 18.0. The predicted octanol–water partition coefficient (Wildman–Crippen LogP) is 8.58. The van der Waals surface area contributed by atoms with E-state index in [0.29, 0.717) is 21.2 Å². The third-order valence-corrected chi connectivity index (χ3v) is 11.7. The normalized spacial score (nSPS) is 38.3. The molecule has 1 heterocycles. The predicted molar refractivity (Wildman–Crippen MR) is 147 cm³/mol. The lowest BCUT2D eigenvalue weighted by Crippen LogP contribution is -2.52. The first-order valence-electron chi connectivity index (χ1n) is 14.1. The van der Waals surface area contributed by atoms with E-state index >= 15 is 0 Å². The van der Waals surface area contributed by atoms with Crippen molar-refractivity contribution in [1.29, 1.82) is 0 Å². The van der Waals surface area contributed by atoms with Gasteiger partial charge in [-0.1, -0.05) is 45.7 Å². The van der Waals surface area contributed by atoms with Crippen LogP contribution in [-0.4, -0.2) is 9.97 Å². The van der Waals surface area contributed by atoms with Crippen molar-refractivity contribution in [2.45, 2.75) is 105 Å². The van der Waals surface area contributed by atoms with Crippen molar-refractivity contribution in [3.8, 4) is 0 Å². The van der Waals surface area contributed by atoms with Crippen molar-refractivity contribution in [3.63, 3.8) is 0 Å². The summed E-state index contributed by atoms with van der Waals surface area (Å²) in [5.74, 6) is 5.58. The number of hydrogen-bond acceptors (Lipinski definition) is 2. The summed E-state index contributed by atoms with van der Waals surface area (Å²) in [7, 11) is 0. The number of aryl methyl sites for hydroxylation is 1. The van der Waals surface area contributed by atoms with Crippen LogP contribution in [0, 0.1) is 40.4 Å². The van der Waals surface area contributed by atoms with Gasteiger partial charge in [0.25, 0.3) is 5.56 Å². The van der Waals surface area contributed by atoms with Crippen molar-refractivity contribution in [2.75, 3.05) is 0 Å². The molecule has 1 aromatic carbocycles. The lowest BCUT2D eigenvalue weighted by atomic mass is 9.45. The second-order valence-corrected chi connectivity index (χ2v) is 13.2. The van der Waals surface area contributed by atoms with Crippen LogP contribution in [0.5, 0.6) is 0 Å². The summed E-state index contributed by atoms with van der Waals surface area (Å²) in [4.78, 5) is 20.3. The Labute approximate surface area is 216 Å². The molecule has 0 radical (unpaired) electrons. The van der Waals surface area contributed by atoms with E-state index < -0.39 is 0 Å². The second-order valence-electron chi connectivity index (χ2n) is 12.8. The maximum absolute atomic E-state index is 12.5. The first-order valence-corrected chi connectivity index (χ1v) is 14.4. The van der Waals surface area contributed by atoms with Gasteiger partial charge in [-0.3, -0.25) is 4.79 Å². The van der Waals surface area contributed by atoms with Crippen molar-refractivity contribution >= 4 is 22.5 Å². The van der Waals surface area contributed by atoms with Crippen molar-refractivity contribution < 1.29 is 0 Å². The van der Waals surface area contributed by atoms with Gasteiger partial charge in [-0.05, 0) is 123 Å². The molecule has 0 aliphatic heterocycles. The number of benzene rings is 1. The van der Waals surface area contributed by atoms with E-state index in [-0.39, 0.29) is 13.0 Å². The molecule has 7 atom stereocenters. The van der Waals surface area contributed by atoms with Crippen molar-refractivity contribution in [3.05, 3.63) is 39.4 Å². The SMILES string of the molecule is C.CC12CCCCC1CCC1C2CCC2(C)C(CCCc3nc4ccc(Cl)cc4c(=O)[nH]3)CCC12. The molecule has 4 fully saturated rings. The number of nitrogens with one attached hydrogen (secondary N) is 1. The molecule has 4 aliphatic carbocycles. The zero-order valence-corrected chi connectivity index (χ0v) is 21.8. The van der Waals surface area contributed by atoms with Crippen LogP contribution in [0.4, 0.5) is 0 Å². The van der Waals surface area contributed by atoms with E-state index in [1.54, 1.807) is 6.07 Å². The van der Waals surface area contributed by atoms with Crippen LogP contribution in [0.3, 0.4) is 0 Å². The van der Waals surface area contributed by atoms with Gasteiger partial charge in [-0.2, -0.15) is 0 Å². The summed E-state index contributed by atoms with van der Waals surface area (Å²) < 4.78 is 0. The Morgan fingerprint density at radius 2 is 1.83 bits per heavy atom. The minimum Gasteiger partial charge on any atom is -0.310 e. The highest BCUT2D eigenvalue weighted by atomic mass is 35.5. The number of aromatic nitrogens is 2. The first-order chi connectivity index (χ1) is 16.4. The first kappa shape index (κ1) is 25.3. The summed E-state index contributed by atoms with van der Waals surface area (Å²) in [6.45, 7) is 5.34. The maximum atomic E-state index is 12.5. The number of rotatable bonds is 4. The van der Waals surface area contributed by atoms with Gasteiger partial charge in [0.05, 0.1) is 10.9 Å². The average Bonchev–Trinajstić information content (AvgIpc) is 3.15. The van der Waals surface area contributed by atoms with E-state index in [1.165, 1.54) is 70.6 Å². The summed E-state index contributed by atoms with van der Waals surface area (Å²) in [5, 5.41) is 1.16. The number of H-pyrrole nitrogens is 1. The van der Waals surface area contributed by atoms with E-state index in [2.05, 4.69) is 18.8 Å². The third-order valence-electron chi connectivity index (χ3n) is 11.5. The monoisotopic (exact) mass is 496 g/mol. The summed E-state index contributed by atoms with van der Waals surface area (Å²) in [5.41, 5.74) is 1.85. The highest BCUT2D eigenvalue weighted by molar-refractivity contribution is 6.31. The summed E-state index contributed by atoms with van der Waals surface area (Å²) >= 11 is 6.06. The standard InChI is InChI=1S/C30H41ClN2O.CH4/c1-29-16-4-3-6-19(29)9-12-22-24-13-10-20(30(24,2)17-15-25(22)29)7-5-8-27-32-26-14-11-21(31)18-23(26)28(34)33-27;/h11,14,18-20,22,24-25H,3-10,12-13,15-17H2,1-2H3,(H,32,33,34);1H4. The fourth-order valence-electron chi connectivity index (χ4n) is 9.67. The molecule has 0 spiro atoms. The van der Waals surface area contributed by atoms with Gasteiger partial charge >= 0.3 is 0 Å². The minimum atomic E-state index is -0.0690. The molecule has 3 nitrogen and oxygen atoms in total. The zero-order valence-electron chi connectivity index (χ0n) is 21.0. The third kappa shape index (κ3) is 4.18. The second kappa shape index (κ2) is 9.51. The Kier molecular flexibility index (Phi) is 6.87. The van der Waals surface area contributed by atoms with Crippen LogP contribution < -0.4 is 5.56 Å². The zero-order chi connectivity index (χ0) is 23.5. The molecule has 0 saturated heterocycles. The molecule has 6 rings (SSSR count). The Morgan fingerprint density at radius 1 is 1.00 bits per heavy atom. The van der Waals surface area contributed by atoms with E-state index in [4.69, 9.17) is 16.6 Å². The molecule has 35 heavy (non-hydrogen) atoms. The van der Waals surface area contributed by atoms with Crippen LogP contribution in [0.15, 0.2) is 23.0 Å². The fraction of sp³-hybridized carbons (Fsp3) is 0.742. The molecule has 2 aromatic rings. The van der Waals surface area contributed by atoms with Crippen LogP contribution in [0.1, 0.15) is 104 Å². The van der Waals surface area contributed by atoms with Crippen LogP contribution in [0.2, 0.25) is 5.02 Å². The number of hydrogen-bond donors (Lipinski definition) is 1. The van der Waals surface area contributed by atoms with Crippen molar-refractivity contribution in [1.82, 2.24) is 9.97 Å². The van der Waals surface area contributed by atoms with Gasteiger partial charge in [0, 0.05) is 11.4 Å². The molecule has 0 bridgehead atoms. The molecule has 7 unspecified atom stereocenters. The average molecular weight is 497 g/mol. The minimum absolute atomic E-state index is 0. The topological polar surface area (TPSA) is 45.8 Å². The van der Waals surface area contributed by atoms with Crippen LogP contribution in [0.25, 0.3) is 10.9 Å². The fourth-order valence-corrected chi connectivity index (χ4v) is 9.84. The molecule has 4 aliphatic rings. The van der Waals surface area contributed by atoms with Gasteiger partial charge in [-0.25, -0.2) is 4.98 Å². The summed E-state index contributed by atoms with van der Waals surface area (Å²) in [6, 6.07) is 5.39. The van der Waals surface area contributed by atoms with Gasteiger partial charge in [0.2, 0.25) is 0 Å². The molecule has 1 aromatic heterocycles. The lowest BCUT2D eigenvalue weighted by Gasteiger charge is -2.60. The number of nitrogens with zero attached hydrogens (tertiary/aromatic N) is 1. The Hall–Kier alpha value is -1.35. The highest BCUT2D eigenvalue weighted by Crippen LogP contribution is 2.67. The molecule has 0 amide bonds. The molecular formula is C31H45ClN2O. The largest absolute Gasteiger partial charge is 0.310 e. The highest BCUT2D eigenvalue weighted by Gasteiger charge is 2.59. The Balaban J connectivity index is 0.00000253. The molecule has 192 valence electrons. The Morgan fingerprint density at radius 3 is 2.69 bits per heavy atom. The smallest absolute Gasteiger partial charge is 0.258 e. The van der Waals surface area contributed by atoms with Gasteiger partial charge in [0.15, 0.2) is 0 Å². The van der Waals surface area contributed by atoms with Gasteiger partial charge < -0.3 is 4.98 Å². The lowest BCUT2D eigenvalue weighted by molar-refractivity contribution is -0.111. The maximum Gasteiger partial charge on any atom is 0.258 e. The van der Waals surface area contributed by atoms with Crippen LogP contribution >= 0.6 is 11.6 Å². The van der Waals surface area contributed by atoms with Crippen LogP contribution in [-0.2, 0) is 6.42 Å². The van der Waals surface area contributed by atoms with Gasteiger partial charge in [-0.15, -0.1) is 0 Å². The van der Waals surface area contributed by atoms with Crippen molar-refractivity contribution in [2.24, 2.45) is 40.4 Å².